The molecule has 1 saturated heterocycles. The molecule has 0 amide bonds. The third-order valence-corrected chi connectivity index (χ3v) is 5.27. The van der Waals surface area contributed by atoms with Gasteiger partial charge in [-0.3, -0.25) is 0 Å². The van der Waals surface area contributed by atoms with Crippen molar-refractivity contribution >= 4 is 0 Å². The molecule has 3 rings (SSSR count). The Bertz CT molecular complexity index is 439. The van der Waals surface area contributed by atoms with Gasteiger partial charge in [0.15, 0.2) is 0 Å². The molecule has 116 valence electrons. The Balaban J connectivity index is 1.61. The summed E-state index contributed by atoms with van der Waals surface area (Å²) in [6, 6.07) is 8.50. The number of benzene rings is 1. The van der Waals surface area contributed by atoms with Crippen molar-refractivity contribution in [2.45, 2.75) is 63.6 Å². The molecule has 1 aliphatic carbocycles. The minimum atomic E-state index is -0.156. The second-order valence-electron chi connectivity index (χ2n) is 6.70. The highest BCUT2D eigenvalue weighted by Crippen LogP contribution is 2.33. The fraction of sp³-hybridized carbons (Fsp3) is 0.667. The van der Waals surface area contributed by atoms with Crippen LogP contribution in [0.25, 0.3) is 0 Å². The van der Waals surface area contributed by atoms with Crippen LogP contribution in [0.2, 0.25) is 0 Å². The van der Waals surface area contributed by atoms with Crippen molar-refractivity contribution in [3.63, 3.8) is 0 Å². The van der Waals surface area contributed by atoms with E-state index in [1.165, 1.54) is 50.6 Å². The van der Waals surface area contributed by atoms with Crippen molar-refractivity contribution in [2.75, 3.05) is 6.54 Å². The third-order valence-electron chi connectivity index (χ3n) is 5.27. The van der Waals surface area contributed by atoms with E-state index in [1.807, 2.05) is 12.1 Å². The first-order valence-corrected chi connectivity index (χ1v) is 8.49. The molecule has 4 atom stereocenters. The smallest absolute Gasteiger partial charge is 0.123 e. The highest BCUT2D eigenvalue weighted by molar-refractivity contribution is 5.19. The van der Waals surface area contributed by atoms with Gasteiger partial charge in [-0.15, -0.1) is 0 Å². The number of hydrogen-bond donors (Lipinski definition) is 2. The van der Waals surface area contributed by atoms with Gasteiger partial charge in [0.2, 0.25) is 0 Å². The summed E-state index contributed by atoms with van der Waals surface area (Å²) < 4.78 is 13.0. The molecule has 2 N–H and O–H groups in total. The van der Waals surface area contributed by atoms with Gasteiger partial charge in [0.25, 0.3) is 0 Å². The molecular formula is C18H27FN2. The van der Waals surface area contributed by atoms with Gasteiger partial charge in [-0.05, 0) is 62.8 Å². The van der Waals surface area contributed by atoms with Gasteiger partial charge in [0.05, 0.1) is 0 Å². The number of nitrogens with one attached hydrogen (secondary N) is 2. The van der Waals surface area contributed by atoms with Crippen molar-refractivity contribution in [3.05, 3.63) is 35.6 Å². The Kier molecular flexibility index (Phi) is 4.91. The molecule has 2 fully saturated rings. The maximum atomic E-state index is 13.0. The van der Waals surface area contributed by atoms with E-state index in [1.54, 1.807) is 12.1 Å². The average molecular weight is 290 g/mol. The highest BCUT2D eigenvalue weighted by Gasteiger charge is 2.34. The van der Waals surface area contributed by atoms with Crippen LogP contribution < -0.4 is 10.6 Å². The third kappa shape index (κ3) is 3.64. The lowest BCUT2D eigenvalue weighted by Crippen LogP contribution is -2.47. The molecule has 0 radical (unpaired) electrons. The molecule has 1 aromatic rings. The first-order valence-electron chi connectivity index (χ1n) is 8.49. The molecule has 1 heterocycles. The van der Waals surface area contributed by atoms with Gasteiger partial charge in [-0.2, -0.15) is 0 Å². The van der Waals surface area contributed by atoms with Gasteiger partial charge in [-0.25, -0.2) is 4.39 Å². The Hall–Kier alpha value is -0.930. The molecule has 0 spiro atoms. The van der Waals surface area contributed by atoms with Crippen molar-refractivity contribution in [1.29, 1.82) is 0 Å². The number of rotatable bonds is 4. The number of hydrogen-bond acceptors (Lipinski definition) is 2. The largest absolute Gasteiger partial charge is 0.314 e. The first kappa shape index (κ1) is 15.0. The normalized spacial score (nSPS) is 31.2. The van der Waals surface area contributed by atoms with Crippen LogP contribution in [-0.2, 0) is 0 Å². The molecule has 1 saturated carbocycles. The molecule has 3 unspecified atom stereocenters. The SMILES string of the molecule is C[C@@H](NC1CCCC1C1CCCCN1)c1ccc(F)cc1. The Morgan fingerprint density at radius 1 is 1.10 bits per heavy atom. The summed E-state index contributed by atoms with van der Waals surface area (Å²) in [4.78, 5) is 0. The summed E-state index contributed by atoms with van der Waals surface area (Å²) in [6.07, 6.45) is 7.96. The molecule has 0 aromatic heterocycles. The average Bonchev–Trinajstić information content (AvgIpc) is 2.97. The maximum absolute atomic E-state index is 13.0. The van der Waals surface area contributed by atoms with Crippen molar-refractivity contribution in [2.24, 2.45) is 5.92 Å². The standard InChI is InChI=1S/C18H27FN2/c1-13(14-8-10-15(19)11-9-14)21-18-7-4-5-16(18)17-6-2-3-12-20-17/h8-11,13,16-18,20-21H,2-7,12H2,1H3/t13-,16?,17?,18?/m1/s1. The molecule has 21 heavy (non-hydrogen) atoms. The van der Waals surface area contributed by atoms with Crippen LogP contribution in [0, 0.1) is 11.7 Å². The van der Waals surface area contributed by atoms with Gasteiger partial charge in [0, 0.05) is 18.1 Å². The van der Waals surface area contributed by atoms with Crippen molar-refractivity contribution < 1.29 is 4.39 Å². The molecule has 2 aliphatic rings. The summed E-state index contributed by atoms with van der Waals surface area (Å²) >= 11 is 0. The van der Waals surface area contributed by atoms with Gasteiger partial charge in [-0.1, -0.05) is 25.0 Å². The minimum Gasteiger partial charge on any atom is -0.314 e. The van der Waals surface area contributed by atoms with Crippen LogP contribution >= 0.6 is 0 Å². The Morgan fingerprint density at radius 2 is 1.90 bits per heavy atom. The van der Waals surface area contributed by atoms with E-state index in [9.17, 15) is 4.39 Å². The zero-order valence-corrected chi connectivity index (χ0v) is 12.9. The van der Waals surface area contributed by atoms with Crippen LogP contribution in [-0.4, -0.2) is 18.6 Å². The van der Waals surface area contributed by atoms with Gasteiger partial charge in [0.1, 0.15) is 5.82 Å². The van der Waals surface area contributed by atoms with Crippen molar-refractivity contribution in [3.8, 4) is 0 Å². The lowest BCUT2D eigenvalue weighted by molar-refractivity contribution is 0.248. The lowest BCUT2D eigenvalue weighted by atomic mass is 9.88. The maximum Gasteiger partial charge on any atom is 0.123 e. The van der Waals surface area contributed by atoms with E-state index in [-0.39, 0.29) is 5.82 Å². The van der Waals surface area contributed by atoms with Crippen LogP contribution in [0.4, 0.5) is 4.39 Å². The Morgan fingerprint density at radius 3 is 2.62 bits per heavy atom. The topological polar surface area (TPSA) is 24.1 Å². The monoisotopic (exact) mass is 290 g/mol. The predicted molar refractivity (Wildman–Crippen MR) is 84.7 cm³/mol. The van der Waals surface area contributed by atoms with Crippen LogP contribution in [0.15, 0.2) is 24.3 Å². The van der Waals surface area contributed by atoms with Gasteiger partial charge < -0.3 is 10.6 Å². The van der Waals surface area contributed by atoms with E-state index in [0.29, 0.717) is 18.1 Å². The first-order chi connectivity index (χ1) is 10.2. The molecule has 1 aromatic carbocycles. The van der Waals surface area contributed by atoms with Crippen LogP contribution in [0.1, 0.15) is 57.1 Å². The second kappa shape index (κ2) is 6.89. The minimum absolute atomic E-state index is 0.156. The van der Waals surface area contributed by atoms with Gasteiger partial charge >= 0.3 is 0 Å². The quantitative estimate of drug-likeness (QED) is 0.881. The highest BCUT2D eigenvalue weighted by atomic mass is 19.1. The number of piperidine rings is 1. The molecule has 0 bridgehead atoms. The summed E-state index contributed by atoms with van der Waals surface area (Å²) in [7, 11) is 0. The summed E-state index contributed by atoms with van der Waals surface area (Å²) in [6.45, 7) is 3.37. The summed E-state index contributed by atoms with van der Waals surface area (Å²) in [5.74, 6) is 0.601. The second-order valence-corrected chi connectivity index (χ2v) is 6.70. The summed E-state index contributed by atoms with van der Waals surface area (Å²) in [5.41, 5.74) is 1.18. The van der Waals surface area contributed by atoms with E-state index < -0.39 is 0 Å². The Labute approximate surface area is 127 Å². The molecule has 1 aliphatic heterocycles. The molecule has 2 nitrogen and oxygen atoms in total. The molecular weight excluding hydrogens is 263 g/mol. The van der Waals surface area contributed by atoms with E-state index >= 15 is 0 Å². The zero-order chi connectivity index (χ0) is 14.7. The lowest BCUT2D eigenvalue weighted by Gasteiger charge is -2.34. The summed E-state index contributed by atoms with van der Waals surface area (Å²) in [5, 5.41) is 7.52. The fourth-order valence-corrected chi connectivity index (χ4v) is 4.09. The van der Waals surface area contributed by atoms with Crippen molar-refractivity contribution in [1.82, 2.24) is 10.6 Å². The van der Waals surface area contributed by atoms with E-state index in [2.05, 4.69) is 17.6 Å². The number of halogens is 1. The van der Waals surface area contributed by atoms with Crippen LogP contribution in [0.5, 0.6) is 0 Å². The zero-order valence-electron chi connectivity index (χ0n) is 12.9. The molecule has 3 heteroatoms. The van der Waals surface area contributed by atoms with Crippen LogP contribution in [0.3, 0.4) is 0 Å². The fourth-order valence-electron chi connectivity index (χ4n) is 4.09. The predicted octanol–water partition coefficient (Wildman–Crippen LogP) is 3.79. The van der Waals surface area contributed by atoms with E-state index in [0.717, 1.165) is 5.92 Å². The van der Waals surface area contributed by atoms with E-state index in [4.69, 9.17) is 0 Å².